The highest BCUT2D eigenvalue weighted by Gasteiger charge is 2.43. The number of H-pyrrole nitrogens is 1. The molecule has 3 heterocycles. The van der Waals surface area contributed by atoms with E-state index in [0.29, 0.717) is 22.7 Å². The lowest BCUT2D eigenvalue weighted by Crippen LogP contribution is -2.58. The predicted molar refractivity (Wildman–Crippen MR) is 120 cm³/mol. The number of aromatic amines is 1. The number of benzene rings is 2. The number of nitrogens with one attached hydrogen (secondary N) is 1. The van der Waals surface area contributed by atoms with E-state index in [-0.39, 0.29) is 19.1 Å². The molecule has 0 saturated carbocycles. The highest BCUT2D eigenvalue weighted by atomic mass is 16.8. The van der Waals surface area contributed by atoms with Gasteiger partial charge in [-0.1, -0.05) is 41.6 Å². The van der Waals surface area contributed by atoms with E-state index in [1.807, 2.05) is 48.5 Å². The summed E-state index contributed by atoms with van der Waals surface area (Å²) in [6.07, 6.45) is -7.85. The average Bonchev–Trinajstić information content (AvgIpc) is 3.36. The molecule has 1 aromatic heterocycles. The molecular formula is C23H23N3O8. The van der Waals surface area contributed by atoms with E-state index in [9.17, 15) is 25.5 Å². The van der Waals surface area contributed by atoms with Gasteiger partial charge in [0.1, 0.15) is 36.3 Å². The molecule has 0 bridgehead atoms. The fourth-order valence-corrected chi connectivity index (χ4v) is 3.99. The van der Waals surface area contributed by atoms with Gasteiger partial charge in [-0.25, -0.2) is 4.99 Å². The molecule has 0 radical (unpaired) electrons. The second kappa shape index (κ2) is 9.14. The molecule has 2 aliphatic heterocycles. The molecule has 3 aromatic rings. The van der Waals surface area contributed by atoms with Gasteiger partial charge in [-0.2, -0.15) is 0 Å². The van der Waals surface area contributed by atoms with E-state index in [2.05, 4.69) is 15.1 Å². The van der Waals surface area contributed by atoms with Crippen LogP contribution in [-0.4, -0.2) is 86.0 Å². The third-order valence-corrected chi connectivity index (χ3v) is 5.70. The third-order valence-electron chi connectivity index (χ3n) is 5.70. The Hall–Kier alpha value is -3.32. The number of hydrogen-bond acceptors (Lipinski definition) is 10. The van der Waals surface area contributed by atoms with Gasteiger partial charge >= 0.3 is 0 Å². The quantitative estimate of drug-likeness (QED) is 0.224. The van der Waals surface area contributed by atoms with Crippen LogP contribution in [0.3, 0.4) is 0 Å². The SMILES string of the molecule is Oc1[nH]c2ccccc2c1C1=Nc2ccccc2/C1=N\OCCO[C@@H]1O[C@H](O)[C@@H](O)[C@H](O)[C@H]1O. The summed E-state index contributed by atoms with van der Waals surface area (Å²) < 4.78 is 10.3. The fourth-order valence-electron chi connectivity index (χ4n) is 3.99. The number of aromatic hydroxyl groups is 1. The number of aliphatic hydroxyl groups is 4. The van der Waals surface area contributed by atoms with Gasteiger partial charge in [0.15, 0.2) is 18.5 Å². The smallest absolute Gasteiger partial charge is 0.199 e. The fraction of sp³-hybridized carbons (Fsp3) is 0.304. The first-order chi connectivity index (χ1) is 16.5. The van der Waals surface area contributed by atoms with E-state index in [1.165, 1.54) is 0 Å². The van der Waals surface area contributed by atoms with E-state index < -0.39 is 30.9 Å². The largest absolute Gasteiger partial charge is 0.494 e. The van der Waals surface area contributed by atoms with Crippen LogP contribution in [0.5, 0.6) is 5.88 Å². The lowest BCUT2D eigenvalue weighted by atomic mass is 10.0. The Bertz CT molecular complexity index is 1260. The first-order valence-electron chi connectivity index (χ1n) is 10.6. The van der Waals surface area contributed by atoms with Crippen LogP contribution in [0.25, 0.3) is 10.9 Å². The Morgan fingerprint density at radius 3 is 2.56 bits per heavy atom. The maximum Gasteiger partial charge on any atom is 0.199 e. The lowest BCUT2D eigenvalue weighted by Gasteiger charge is -2.37. The molecule has 0 spiro atoms. The second-order valence-electron chi connectivity index (χ2n) is 7.88. The summed E-state index contributed by atoms with van der Waals surface area (Å²) in [6.45, 7) is -0.152. The average molecular weight is 469 g/mol. The van der Waals surface area contributed by atoms with Crippen LogP contribution < -0.4 is 0 Å². The van der Waals surface area contributed by atoms with Crippen LogP contribution in [0.4, 0.5) is 5.69 Å². The number of nitrogens with zero attached hydrogens (tertiary/aromatic N) is 2. The number of aromatic nitrogens is 1. The Morgan fingerprint density at radius 1 is 0.941 bits per heavy atom. The molecule has 0 amide bonds. The minimum Gasteiger partial charge on any atom is -0.494 e. The second-order valence-corrected chi connectivity index (χ2v) is 7.88. The van der Waals surface area contributed by atoms with Gasteiger partial charge in [-0.05, 0) is 12.1 Å². The Morgan fingerprint density at radius 2 is 1.71 bits per heavy atom. The normalized spacial score (nSPS) is 27.7. The molecule has 0 aliphatic carbocycles. The van der Waals surface area contributed by atoms with Gasteiger partial charge in [0.25, 0.3) is 0 Å². The van der Waals surface area contributed by atoms with Crippen LogP contribution >= 0.6 is 0 Å². The Labute approximate surface area is 193 Å². The standard InChI is InChI=1S/C23H23N3O8/c27-18-19(28)22(31)34-23(20(18)29)32-9-10-33-26-16-12-6-2-4-8-14(12)24-17(16)15-11-5-1-3-7-13(11)25-21(15)30/h1-8,18-20,22-23,25,27-31H,9-10H2/b26-16+/t18-,19-,20+,22-,23+/m0/s1. The van der Waals surface area contributed by atoms with Crippen molar-refractivity contribution in [1.82, 2.24) is 4.98 Å². The molecule has 2 aromatic carbocycles. The van der Waals surface area contributed by atoms with Crippen molar-refractivity contribution < 1.29 is 39.8 Å². The first kappa shape index (κ1) is 22.5. The topological polar surface area (TPSA) is 169 Å². The number of aliphatic hydroxyl groups excluding tert-OH is 4. The molecule has 178 valence electrons. The summed E-state index contributed by atoms with van der Waals surface area (Å²) in [4.78, 5) is 13.0. The van der Waals surface area contributed by atoms with Crippen molar-refractivity contribution in [2.24, 2.45) is 10.1 Å². The van der Waals surface area contributed by atoms with Crippen molar-refractivity contribution in [2.75, 3.05) is 13.2 Å². The molecule has 6 N–H and O–H groups in total. The molecule has 0 unspecified atom stereocenters. The highest BCUT2D eigenvalue weighted by Crippen LogP contribution is 2.35. The van der Waals surface area contributed by atoms with Crippen molar-refractivity contribution in [1.29, 1.82) is 0 Å². The van der Waals surface area contributed by atoms with E-state index >= 15 is 0 Å². The zero-order chi connectivity index (χ0) is 23.8. The van der Waals surface area contributed by atoms with Crippen LogP contribution in [0, 0.1) is 0 Å². The summed E-state index contributed by atoms with van der Waals surface area (Å²) in [6, 6.07) is 14.8. The maximum absolute atomic E-state index is 10.6. The number of ether oxygens (including phenoxy) is 2. The van der Waals surface area contributed by atoms with Crippen molar-refractivity contribution in [3.63, 3.8) is 0 Å². The maximum atomic E-state index is 10.6. The highest BCUT2D eigenvalue weighted by molar-refractivity contribution is 6.58. The Kier molecular flexibility index (Phi) is 6.04. The number of fused-ring (bicyclic) bond motifs is 2. The van der Waals surface area contributed by atoms with Gasteiger partial charge in [-0.15, -0.1) is 0 Å². The lowest BCUT2D eigenvalue weighted by molar-refractivity contribution is -0.340. The number of hydrogen-bond donors (Lipinski definition) is 6. The van der Waals surface area contributed by atoms with Crippen LogP contribution in [0.2, 0.25) is 0 Å². The summed E-state index contributed by atoms with van der Waals surface area (Å²) in [5.74, 6) is -0.0356. The zero-order valence-electron chi connectivity index (χ0n) is 17.8. The number of rotatable bonds is 6. The van der Waals surface area contributed by atoms with Crippen molar-refractivity contribution in [2.45, 2.75) is 30.9 Å². The number of para-hydroxylation sites is 2. The third kappa shape index (κ3) is 3.94. The Balaban J connectivity index is 1.32. The molecule has 5 rings (SSSR count). The minimum atomic E-state index is -1.69. The van der Waals surface area contributed by atoms with Gasteiger partial charge < -0.3 is 44.8 Å². The van der Waals surface area contributed by atoms with Crippen LogP contribution in [-0.2, 0) is 14.3 Å². The van der Waals surface area contributed by atoms with E-state index in [0.717, 1.165) is 16.5 Å². The van der Waals surface area contributed by atoms with Crippen molar-refractivity contribution >= 4 is 28.0 Å². The zero-order valence-corrected chi connectivity index (χ0v) is 17.8. The van der Waals surface area contributed by atoms with Crippen LogP contribution in [0.15, 0.2) is 58.7 Å². The summed E-state index contributed by atoms with van der Waals surface area (Å²) in [7, 11) is 0. The van der Waals surface area contributed by atoms with E-state index in [1.54, 1.807) is 0 Å². The van der Waals surface area contributed by atoms with Gasteiger partial charge in [-0.3, -0.25) is 0 Å². The molecular weight excluding hydrogens is 446 g/mol. The predicted octanol–water partition coefficient (Wildman–Crippen LogP) is 0.503. The summed E-state index contributed by atoms with van der Waals surface area (Å²) >= 11 is 0. The first-order valence-corrected chi connectivity index (χ1v) is 10.6. The van der Waals surface area contributed by atoms with Gasteiger partial charge in [0.2, 0.25) is 0 Å². The molecule has 11 heteroatoms. The summed E-state index contributed by atoms with van der Waals surface area (Å²) in [5.41, 5.74) is 3.55. The molecule has 5 atom stereocenters. The number of aliphatic imine (C=N–C) groups is 1. The molecule has 1 fully saturated rings. The van der Waals surface area contributed by atoms with E-state index in [4.69, 9.17) is 14.3 Å². The molecule has 11 nitrogen and oxygen atoms in total. The summed E-state index contributed by atoms with van der Waals surface area (Å²) in [5, 5.41) is 54.4. The van der Waals surface area contributed by atoms with Crippen molar-refractivity contribution in [3.8, 4) is 5.88 Å². The number of oxime groups is 1. The van der Waals surface area contributed by atoms with Gasteiger partial charge in [0.05, 0.1) is 17.9 Å². The molecule has 34 heavy (non-hydrogen) atoms. The monoisotopic (exact) mass is 469 g/mol. The minimum absolute atomic E-state index is 0.0356. The van der Waals surface area contributed by atoms with Crippen molar-refractivity contribution in [3.05, 3.63) is 59.7 Å². The van der Waals surface area contributed by atoms with Crippen LogP contribution in [0.1, 0.15) is 11.1 Å². The molecule has 2 aliphatic rings. The molecule has 1 saturated heterocycles. The van der Waals surface area contributed by atoms with Gasteiger partial charge in [0, 0.05) is 16.5 Å².